The Balaban J connectivity index is 0.000000298. The van der Waals surface area contributed by atoms with Gasteiger partial charge in [-0.3, -0.25) is 0 Å². The van der Waals surface area contributed by atoms with Gasteiger partial charge in [-0.05, 0) is 30.0 Å². The van der Waals surface area contributed by atoms with Gasteiger partial charge in [0.25, 0.3) is 0 Å². The Labute approximate surface area is 258 Å². The second-order valence-electron chi connectivity index (χ2n) is 12.9. The summed E-state index contributed by atoms with van der Waals surface area (Å²) in [5, 5.41) is 0. The Morgan fingerprint density at radius 2 is 1.37 bits per heavy atom. The molecule has 0 aromatic heterocycles. The first-order valence-electron chi connectivity index (χ1n) is 14.6. The third kappa shape index (κ3) is 10.7. The van der Waals surface area contributed by atoms with Crippen LogP contribution in [0.4, 0.5) is 0 Å². The molecule has 41 heavy (non-hydrogen) atoms. The monoisotopic (exact) mass is 579 g/mol. The van der Waals surface area contributed by atoms with Crippen molar-refractivity contribution in [3.63, 3.8) is 0 Å². The van der Waals surface area contributed by atoms with Crippen LogP contribution in [0.15, 0.2) is 118 Å². The van der Waals surface area contributed by atoms with Crippen molar-refractivity contribution in [2.45, 2.75) is 68.7 Å². The quantitative estimate of drug-likeness (QED) is 0.160. The number of hydrogen-bond donors (Lipinski definition) is 0. The van der Waals surface area contributed by atoms with Crippen LogP contribution >= 0.6 is 0 Å². The molecule has 0 saturated heterocycles. The van der Waals surface area contributed by atoms with E-state index in [1.54, 1.807) is 7.69 Å². The van der Waals surface area contributed by atoms with Gasteiger partial charge in [0.2, 0.25) is 0 Å². The standard InChI is InChI=1S/C27H28O.C9H13.C3H6.Ti/c1-21-15-17-22(18-16-21)19-20-25(27(2,3)4)26(23-11-7-5-8-12-23)28-24-13-9-6-10-14-24;1-9(2,3)8-6-4-5-7-8;1-3-2;/h5-20H,1-4H3;6-7H,4H2,1-3H3;1-2H3;. The fourth-order valence-corrected chi connectivity index (χ4v) is 6.12. The normalized spacial score (nSPS) is 13.9. The maximum absolute atomic E-state index is 6.43. The van der Waals surface area contributed by atoms with E-state index in [0.717, 1.165) is 22.6 Å². The summed E-state index contributed by atoms with van der Waals surface area (Å²) in [5.74, 6) is 1.73. The Morgan fingerprint density at radius 1 is 0.780 bits per heavy atom. The number of ether oxygens (including phenoxy) is 1. The molecule has 213 valence electrons. The molecule has 0 bridgehead atoms. The number of benzene rings is 3. The molecule has 0 saturated carbocycles. The van der Waals surface area contributed by atoms with E-state index in [-0.39, 0.29) is 24.1 Å². The molecule has 0 spiro atoms. The van der Waals surface area contributed by atoms with Crippen LogP contribution in [-0.4, -0.2) is 3.81 Å². The summed E-state index contributed by atoms with van der Waals surface area (Å²) >= 11 is 0.0803. The number of aryl methyl sites for hydroxylation is 1. The Morgan fingerprint density at radius 3 is 1.88 bits per heavy atom. The van der Waals surface area contributed by atoms with Gasteiger partial charge in [-0.1, -0.05) is 111 Å². The second kappa shape index (κ2) is 14.8. The Kier molecular flexibility index (Phi) is 11.7. The molecular weight excluding hydrogens is 532 g/mol. The Hall–Kier alpha value is -3.00. The van der Waals surface area contributed by atoms with Crippen molar-refractivity contribution in [1.82, 2.24) is 0 Å². The number of allylic oxidation sites excluding steroid dienone is 6. The molecule has 0 radical (unpaired) electrons. The Bertz CT molecular complexity index is 1420. The third-order valence-electron chi connectivity index (χ3n) is 6.72. The first kappa shape index (κ1) is 32.5. The van der Waals surface area contributed by atoms with Gasteiger partial charge in [-0.2, -0.15) is 0 Å². The summed E-state index contributed by atoms with van der Waals surface area (Å²) in [6, 6.07) is 28.9. The fraction of sp³-hybridized carbons (Fsp3) is 0.308. The van der Waals surface area contributed by atoms with Crippen LogP contribution in [0.5, 0.6) is 5.75 Å². The summed E-state index contributed by atoms with van der Waals surface area (Å²) in [5.41, 5.74) is 6.47. The van der Waals surface area contributed by atoms with Gasteiger partial charge in [0, 0.05) is 11.1 Å². The smallest absolute Gasteiger partial charge is 0.138 e. The molecule has 4 rings (SSSR count). The summed E-state index contributed by atoms with van der Waals surface area (Å²) in [4.78, 5) is 0. The zero-order chi connectivity index (χ0) is 30.0. The van der Waals surface area contributed by atoms with E-state index < -0.39 is 0 Å². The minimum absolute atomic E-state index is 0.0803. The molecule has 0 heterocycles. The predicted octanol–water partition coefficient (Wildman–Crippen LogP) is 11.1. The average Bonchev–Trinajstić information content (AvgIpc) is 3.39. The summed E-state index contributed by atoms with van der Waals surface area (Å²) in [6.07, 6.45) is 10.4. The maximum atomic E-state index is 6.43. The van der Waals surface area contributed by atoms with Crippen LogP contribution in [-0.2, 0) is 18.7 Å². The minimum Gasteiger partial charge on any atom is -0.456 e. The van der Waals surface area contributed by atoms with Crippen LogP contribution in [0.25, 0.3) is 11.8 Å². The van der Waals surface area contributed by atoms with Gasteiger partial charge in [-0.15, -0.1) is 0 Å². The molecule has 0 aliphatic heterocycles. The van der Waals surface area contributed by atoms with E-state index in [2.05, 4.69) is 123 Å². The molecule has 0 N–H and O–H groups in total. The molecule has 0 fully saturated rings. The number of hydrogen-bond acceptors (Lipinski definition) is 1. The third-order valence-corrected chi connectivity index (χ3v) is 8.55. The van der Waals surface area contributed by atoms with Crippen molar-refractivity contribution in [2.75, 3.05) is 0 Å². The van der Waals surface area contributed by atoms with Gasteiger partial charge >= 0.3 is 90.6 Å². The van der Waals surface area contributed by atoms with Crippen molar-refractivity contribution in [2.24, 2.45) is 10.8 Å². The van der Waals surface area contributed by atoms with Crippen molar-refractivity contribution in [1.29, 1.82) is 0 Å². The van der Waals surface area contributed by atoms with Crippen molar-refractivity contribution >= 4 is 15.6 Å². The van der Waals surface area contributed by atoms with Gasteiger partial charge in [0.1, 0.15) is 11.5 Å². The van der Waals surface area contributed by atoms with Crippen molar-refractivity contribution in [3.8, 4) is 5.75 Å². The van der Waals surface area contributed by atoms with E-state index in [1.807, 2.05) is 48.5 Å². The van der Waals surface area contributed by atoms with E-state index in [1.165, 1.54) is 23.1 Å². The van der Waals surface area contributed by atoms with Crippen LogP contribution < -0.4 is 4.74 Å². The van der Waals surface area contributed by atoms with Gasteiger partial charge in [-0.25, -0.2) is 0 Å². The molecule has 1 aliphatic rings. The summed E-state index contributed by atoms with van der Waals surface area (Å²) < 4.78 is 9.76. The van der Waals surface area contributed by atoms with Crippen LogP contribution in [0.2, 0.25) is 0 Å². The van der Waals surface area contributed by atoms with Crippen LogP contribution in [0, 0.1) is 17.8 Å². The molecule has 0 unspecified atom stereocenters. The topological polar surface area (TPSA) is 9.23 Å². The van der Waals surface area contributed by atoms with Crippen LogP contribution in [0.3, 0.4) is 0 Å². The molecular formula is C39H47OTi. The molecule has 1 nitrogen and oxygen atoms in total. The van der Waals surface area contributed by atoms with E-state index in [9.17, 15) is 0 Å². The van der Waals surface area contributed by atoms with Crippen LogP contribution in [0.1, 0.15) is 78.5 Å². The first-order valence-corrected chi connectivity index (χ1v) is 16.2. The van der Waals surface area contributed by atoms with Gasteiger partial charge in [0.05, 0.1) is 0 Å². The van der Waals surface area contributed by atoms with E-state index in [0.29, 0.717) is 5.41 Å². The van der Waals surface area contributed by atoms with Gasteiger partial charge < -0.3 is 4.74 Å². The molecule has 3 aromatic carbocycles. The molecule has 0 atom stereocenters. The largest absolute Gasteiger partial charge is 0.456 e. The second-order valence-corrected chi connectivity index (χ2v) is 15.9. The van der Waals surface area contributed by atoms with Crippen molar-refractivity contribution in [3.05, 3.63) is 135 Å². The van der Waals surface area contributed by atoms with Gasteiger partial charge in [0.15, 0.2) is 0 Å². The zero-order valence-corrected chi connectivity index (χ0v) is 28.1. The molecule has 0 amide bonds. The fourth-order valence-electron chi connectivity index (χ4n) is 4.45. The van der Waals surface area contributed by atoms with E-state index in [4.69, 9.17) is 4.74 Å². The molecule has 1 aliphatic carbocycles. The molecule has 3 aromatic rings. The summed E-state index contributed by atoms with van der Waals surface area (Å²) in [7, 11) is 0. The summed E-state index contributed by atoms with van der Waals surface area (Å²) in [6.45, 7) is 20.2. The van der Waals surface area contributed by atoms with E-state index >= 15 is 0 Å². The molecule has 2 heteroatoms. The average molecular weight is 580 g/mol. The minimum atomic E-state index is -0.0822. The van der Waals surface area contributed by atoms with Crippen molar-refractivity contribution < 1.29 is 23.4 Å². The predicted molar refractivity (Wildman–Crippen MR) is 177 cm³/mol. The maximum Gasteiger partial charge on any atom is 0.138 e. The first-order chi connectivity index (χ1) is 19.3. The SMILES string of the molecule is C[C](C)=[Ti][C]1=CC(C(C)(C)C)=CC1.Cc1ccc(C=CC(=C(Oc2ccccc2)c2ccccc2)C(C)(C)C)cc1. The number of para-hydroxylation sites is 1. The zero-order valence-electron chi connectivity index (χ0n) is 26.5. The number of rotatable bonds is 6.